The molecule has 1 amide bonds. The summed E-state index contributed by atoms with van der Waals surface area (Å²) >= 11 is 7.48. The minimum Gasteiger partial charge on any atom is -0.459 e. The summed E-state index contributed by atoms with van der Waals surface area (Å²) < 4.78 is 5.51. The van der Waals surface area contributed by atoms with Crippen LogP contribution in [0.25, 0.3) is 10.9 Å². The SMILES string of the molecule is O=C(NC(Cc1c[nH]c2ccccc12)C(=O)OCc1ccccc1Cl)c1cccs1. The van der Waals surface area contributed by atoms with Crippen LogP contribution in [0.1, 0.15) is 20.8 Å². The van der Waals surface area contributed by atoms with Crippen molar-refractivity contribution in [3.8, 4) is 0 Å². The number of H-pyrrole nitrogens is 1. The van der Waals surface area contributed by atoms with E-state index in [1.807, 2.05) is 48.0 Å². The van der Waals surface area contributed by atoms with E-state index in [4.69, 9.17) is 16.3 Å². The molecule has 1 unspecified atom stereocenters. The van der Waals surface area contributed by atoms with Crippen molar-refractivity contribution >= 4 is 45.7 Å². The van der Waals surface area contributed by atoms with Gasteiger partial charge in [-0.15, -0.1) is 11.3 Å². The summed E-state index contributed by atoms with van der Waals surface area (Å²) in [6, 6.07) is 17.7. The third-order valence-electron chi connectivity index (χ3n) is 4.76. The molecule has 152 valence electrons. The highest BCUT2D eigenvalue weighted by Gasteiger charge is 2.25. The molecule has 0 saturated heterocycles. The number of hydrogen-bond acceptors (Lipinski definition) is 4. The zero-order valence-corrected chi connectivity index (χ0v) is 17.5. The van der Waals surface area contributed by atoms with Crippen LogP contribution in [0.15, 0.2) is 72.2 Å². The standard InChI is InChI=1S/C23H19ClN2O3S/c24-18-8-3-1-6-15(18)14-29-23(28)20(26-22(27)21-10-5-11-30-21)12-16-13-25-19-9-4-2-7-17(16)19/h1-11,13,20,25H,12,14H2,(H,26,27). The number of carbonyl (C=O) groups is 2. The smallest absolute Gasteiger partial charge is 0.329 e. The van der Waals surface area contributed by atoms with Crippen LogP contribution in [0, 0.1) is 0 Å². The van der Waals surface area contributed by atoms with Gasteiger partial charge in [0.15, 0.2) is 0 Å². The summed E-state index contributed by atoms with van der Waals surface area (Å²) in [7, 11) is 0. The molecule has 0 saturated carbocycles. The summed E-state index contributed by atoms with van der Waals surface area (Å²) in [5.41, 5.74) is 2.61. The molecule has 30 heavy (non-hydrogen) atoms. The summed E-state index contributed by atoms with van der Waals surface area (Å²) in [6.07, 6.45) is 2.17. The van der Waals surface area contributed by atoms with Crippen LogP contribution in [-0.2, 0) is 22.6 Å². The number of thiophene rings is 1. The minimum atomic E-state index is -0.832. The molecule has 2 heterocycles. The number of amides is 1. The summed E-state index contributed by atoms with van der Waals surface area (Å²) in [4.78, 5) is 29.3. The van der Waals surface area contributed by atoms with E-state index < -0.39 is 12.0 Å². The lowest BCUT2D eigenvalue weighted by Gasteiger charge is -2.17. The molecular weight excluding hydrogens is 420 g/mol. The number of benzene rings is 2. The summed E-state index contributed by atoms with van der Waals surface area (Å²) in [6.45, 7) is 0.0394. The van der Waals surface area contributed by atoms with Gasteiger partial charge in [-0.25, -0.2) is 4.79 Å². The Morgan fingerprint density at radius 1 is 1.03 bits per heavy atom. The molecule has 2 aromatic carbocycles. The Kier molecular flexibility index (Phi) is 6.16. The van der Waals surface area contributed by atoms with Crippen molar-refractivity contribution in [3.63, 3.8) is 0 Å². The Balaban J connectivity index is 1.53. The van der Waals surface area contributed by atoms with Crippen molar-refractivity contribution in [2.45, 2.75) is 19.1 Å². The molecule has 0 radical (unpaired) electrons. The zero-order valence-electron chi connectivity index (χ0n) is 15.9. The Morgan fingerprint density at radius 3 is 2.63 bits per heavy atom. The summed E-state index contributed by atoms with van der Waals surface area (Å²) in [5, 5.41) is 6.18. The number of halogens is 1. The Morgan fingerprint density at radius 2 is 1.83 bits per heavy atom. The Bertz CT molecular complexity index is 1170. The van der Waals surface area contributed by atoms with E-state index in [1.54, 1.807) is 24.3 Å². The number of esters is 1. The molecule has 0 aliphatic heterocycles. The number of ether oxygens (including phenoxy) is 1. The average Bonchev–Trinajstić information content (AvgIpc) is 3.43. The third-order valence-corrected chi connectivity index (χ3v) is 6.00. The van der Waals surface area contributed by atoms with Crippen LogP contribution in [0.5, 0.6) is 0 Å². The summed E-state index contributed by atoms with van der Waals surface area (Å²) in [5.74, 6) is -0.811. The van der Waals surface area contributed by atoms with Gasteiger partial charge < -0.3 is 15.0 Å². The van der Waals surface area contributed by atoms with Crippen LogP contribution in [0.3, 0.4) is 0 Å². The van der Waals surface area contributed by atoms with E-state index in [0.29, 0.717) is 21.9 Å². The molecule has 7 heteroatoms. The molecule has 0 aliphatic rings. The highest BCUT2D eigenvalue weighted by Crippen LogP contribution is 2.21. The maximum absolute atomic E-state index is 12.9. The van der Waals surface area contributed by atoms with Gasteiger partial charge in [0.1, 0.15) is 12.6 Å². The second-order valence-electron chi connectivity index (χ2n) is 6.77. The maximum Gasteiger partial charge on any atom is 0.329 e. The average molecular weight is 439 g/mol. The largest absolute Gasteiger partial charge is 0.459 e. The molecule has 0 bridgehead atoms. The number of fused-ring (bicyclic) bond motifs is 1. The van der Waals surface area contributed by atoms with Gasteiger partial charge in [-0.1, -0.05) is 54.1 Å². The lowest BCUT2D eigenvalue weighted by Crippen LogP contribution is -2.43. The molecule has 0 aliphatic carbocycles. The van der Waals surface area contributed by atoms with Gasteiger partial charge in [0, 0.05) is 34.1 Å². The van der Waals surface area contributed by atoms with E-state index >= 15 is 0 Å². The first-order valence-corrected chi connectivity index (χ1v) is 10.7. The van der Waals surface area contributed by atoms with Crippen molar-refractivity contribution in [3.05, 3.63) is 93.3 Å². The zero-order chi connectivity index (χ0) is 20.9. The van der Waals surface area contributed by atoms with E-state index in [-0.39, 0.29) is 12.5 Å². The van der Waals surface area contributed by atoms with Gasteiger partial charge in [-0.3, -0.25) is 4.79 Å². The van der Waals surface area contributed by atoms with Crippen molar-refractivity contribution in [1.29, 1.82) is 0 Å². The van der Waals surface area contributed by atoms with Crippen LogP contribution >= 0.6 is 22.9 Å². The Hall–Kier alpha value is -3.09. The van der Waals surface area contributed by atoms with E-state index in [9.17, 15) is 9.59 Å². The van der Waals surface area contributed by atoms with Gasteiger partial charge in [-0.2, -0.15) is 0 Å². The number of aromatic amines is 1. The molecule has 2 N–H and O–H groups in total. The number of carbonyl (C=O) groups excluding carboxylic acids is 2. The van der Waals surface area contributed by atoms with E-state index in [2.05, 4.69) is 10.3 Å². The first kappa shape index (κ1) is 20.2. The van der Waals surface area contributed by atoms with Crippen molar-refractivity contribution in [1.82, 2.24) is 10.3 Å². The lowest BCUT2D eigenvalue weighted by atomic mass is 10.0. The van der Waals surface area contributed by atoms with Crippen LogP contribution in [0.2, 0.25) is 5.02 Å². The van der Waals surface area contributed by atoms with Crippen LogP contribution < -0.4 is 5.32 Å². The third kappa shape index (κ3) is 4.56. The van der Waals surface area contributed by atoms with Gasteiger partial charge >= 0.3 is 5.97 Å². The Labute approximate surface area is 182 Å². The van der Waals surface area contributed by atoms with Crippen molar-refractivity contribution in [2.24, 2.45) is 0 Å². The fourth-order valence-corrected chi connectivity index (χ4v) is 4.03. The first-order chi connectivity index (χ1) is 14.6. The number of hydrogen-bond donors (Lipinski definition) is 2. The number of aromatic nitrogens is 1. The van der Waals surface area contributed by atoms with Crippen LogP contribution in [-0.4, -0.2) is 22.9 Å². The van der Waals surface area contributed by atoms with E-state index in [1.165, 1.54) is 11.3 Å². The fraction of sp³-hybridized carbons (Fsp3) is 0.130. The van der Waals surface area contributed by atoms with Gasteiger partial charge in [0.25, 0.3) is 5.91 Å². The second kappa shape index (κ2) is 9.15. The fourth-order valence-electron chi connectivity index (χ4n) is 3.22. The topological polar surface area (TPSA) is 71.2 Å². The predicted octanol–water partition coefficient (Wildman–Crippen LogP) is 4.97. The molecule has 0 fully saturated rings. The van der Waals surface area contributed by atoms with Crippen LogP contribution in [0.4, 0.5) is 0 Å². The van der Waals surface area contributed by atoms with Crippen molar-refractivity contribution < 1.29 is 14.3 Å². The monoisotopic (exact) mass is 438 g/mol. The normalized spacial score (nSPS) is 11.9. The second-order valence-corrected chi connectivity index (χ2v) is 8.12. The van der Waals surface area contributed by atoms with Crippen molar-refractivity contribution in [2.75, 3.05) is 0 Å². The number of rotatable bonds is 7. The quantitative estimate of drug-likeness (QED) is 0.400. The van der Waals surface area contributed by atoms with Gasteiger partial charge in [0.2, 0.25) is 0 Å². The highest BCUT2D eigenvalue weighted by molar-refractivity contribution is 7.12. The molecule has 5 nitrogen and oxygen atoms in total. The molecule has 4 rings (SSSR count). The van der Waals surface area contributed by atoms with Gasteiger partial charge in [-0.05, 0) is 29.1 Å². The first-order valence-electron chi connectivity index (χ1n) is 9.41. The minimum absolute atomic E-state index is 0.0394. The van der Waals surface area contributed by atoms with Gasteiger partial charge in [0.05, 0.1) is 4.88 Å². The number of para-hydroxylation sites is 1. The lowest BCUT2D eigenvalue weighted by molar-refractivity contribution is -0.147. The molecule has 0 spiro atoms. The highest BCUT2D eigenvalue weighted by atomic mass is 35.5. The molecule has 4 aromatic rings. The van der Waals surface area contributed by atoms with E-state index in [0.717, 1.165) is 16.5 Å². The maximum atomic E-state index is 12.9. The predicted molar refractivity (Wildman–Crippen MR) is 119 cm³/mol. The molecular formula is C23H19ClN2O3S. The molecule has 2 aromatic heterocycles. The molecule has 1 atom stereocenters. The number of nitrogens with one attached hydrogen (secondary N) is 2.